The Balaban J connectivity index is 1.13. The SMILES string of the molecule is CN1CC2(CCN(c3ccc(C#Cc4ccc5c(c4)CN(C4CCC(=O)NC4=O)C5=O)nn3)C2)C1. The summed E-state index contributed by atoms with van der Waals surface area (Å²) in [5.41, 5.74) is 3.18. The smallest absolute Gasteiger partial charge is 0.255 e. The average Bonchev–Trinajstić information content (AvgIpc) is 3.40. The zero-order valence-corrected chi connectivity index (χ0v) is 19.6. The molecule has 1 spiro atoms. The lowest BCUT2D eigenvalue weighted by Gasteiger charge is -2.46. The van der Waals surface area contributed by atoms with Crippen molar-refractivity contribution in [3.63, 3.8) is 0 Å². The Morgan fingerprint density at radius 1 is 1.06 bits per heavy atom. The summed E-state index contributed by atoms with van der Waals surface area (Å²) >= 11 is 0. The molecule has 0 bridgehead atoms. The second-order valence-electron chi connectivity index (χ2n) is 10.1. The number of aromatic nitrogens is 2. The quantitative estimate of drug-likeness (QED) is 0.512. The minimum Gasteiger partial charge on any atom is -0.354 e. The predicted octanol–water partition coefficient (Wildman–Crippen LogP) is 0.779. The van der Waals surface area contributed by atoms with Crippen molar-refractivity contribution in [3.8, 4) is 11.8 Å². The number of amides is 3. The van der Waals surface area contributed by atoms with Gasteiger partial charge in [-0.3, -0.25) is 19.7 Å². The molecule has 9 heteroatoms. The number of carbonyl (C=O) groups excluding carboxylic acids is 3. The lowest BCUT2D eigenvalue weighted by molar-refractivity contribution is -0.136. The number of nitrogens with zero attached hydrogens (tertiary/aromatic N) is 5. The number of likely N-dealkylation sites (tertiary alicyclic amines) is 1. The summed E-state index contributed by atoms with van der Waals surface area (Å²) < 4.78 is 0. The predicted molar refractivity (Wildman–Crippen MR) is 127 cm³/mol. The van der Waals surface area contributed by atoms with Crippen LogP contribution in [0.5, 0.6) is 0 Å². The molecule has 3 fully saturated rings. The molecule has 0 aliphatic carbocycles. The normalized spacial score (nSPS) is 23.1. The summed E-state index contributed by atoms with van der Waals surface area (Å²) in [7, 11) is 2.16. The molecule has 4 aliphatic heterocycles. The number of benzene rings is 1. The van der Waals surface area contributed by atoms with Gasteiger partial charge in [0.05, 0.1) is 0 Å². The molecule has 2 aromatic rings. The van der Waals surface area contributed by atoms with Gasteiger partial charge in [-0.2, -0.15) is 0 Å². The second kappa shape index (κ2) is 8.17. The lowest BCUT2D eigenvalue weighted by Crippen LogP contribution is -2.55. The second-order valence-corrected chi connectivity index (χ2v) is 10.1. The van der Waals surface area contributed by atoms with Crippen LogP contribution in [0.1, 0.15) is 46.4 Å². The number of hydrogen-bond acceptors (Lipinski definition) is 7. The fraction of sp³-hybridized carbons (Fsp3) is 0.423. The van der Waals surface area contributed by atoms with Crippen LogP contribution in [0.4, 0.5) is 5.82 Å². The van der Waals surface area contributed by atoms with Gasteiger partial charge >= 0.3 is 0 Å². The summed E-state index contributed by atoms with van der Waals surface area (Å²) in [6.45, 7) is 4.67. The van der Waals surface area contributed by atoms with Gasteiger partial charge in [0.2, 0.25) is 11.8 Å². The topological polar surface area (TPSA) is 98.7 Å². The molecule has 5 heterocycles. The van der Waals surface area contributed by atoms with E-state index in [1.54, 1.807) is 12.1 Å². The Hall–Kier alpha value is -3.77. The van der Waals surface area contributed by atoms with Crippen molar-refractivity contribution in [2.45, 2.75) is 31.8 Å². The van der Waals surface area contributed by atoms with Gasteiger partial charge < -0.3 is 14.7 Å². The fourth-order valence-corrected chi connectivity index (χ4v) is 5.84. The summed E-state index contributed by atoms with van der Waals surface area (Å²) in [6.07, 6.45) is 1.78. The number of anilines is 1. The first kappa shape index (κ1) is 21.7. The molecule has 4 aliphatic rings. The molecule has 178 valence electrons. The van der Waals surface area contributed by atoms with Crippen LogP contribution >= 0.6 is 0 Å². The molecule has 1 aromatic carbocycles. The molecule has 35 heavy (non-hydrogen) atoms. The molecule has 1 N–H and O–H groups in total. The Kier molecular flexibility index (Phi) is 5.07. The highest BCUT2D eigenvalue weighted by molar-refractivity contribution is 6.05. The molecule has 3 saturated heterocycles. The number of piperidine rings is 1. The van der Waals surface area contributed by atoms with Gasteiger partial charge in [-0.15, -0.1) is 10.2 Å². The molecule has 0 saturated carbocycles. The van der Waals surface area contributed by atoms with Crippen LogP contribution in [0.15, 0.2) is 30.3 Å². The minimum atomic E-state index is -0.619. The van der Waals surface area contributed by atoms with E-state index < -0.39 is 11.9 Å². The van der Waals surface area contributed by atoms with Gasteiger partial charge in [0, 0.05) is 55.7 Å². The van der Waals surface area contributed by atoms with Gasteiger partial charge in [-0.05, 0) is 61.7 Å². The van der Waals surface area contributed by atoms with Crippen LogP contribution in [-0.4, -0.2) is 77.0 Å². The van der Waals surface area contributed by atoms with Crippen LogP contribution in [0.25, 0.3) is 0 Å². The molecule has 0 radical (unpaired) electrons. The highest BCUT2D eigenvalue weighted by Gasteiger charge is 2.46. The first-order valence-corrected chi connectivity index (χ1v) is 12.0. The van der Waals surface area contributed by atoms with E-state index in [9.17, 15) is 14.4 Å². The molecule has 1 unspecified atom stereocenters. The molecular formula is C26H26N6O3. The van der Waals surface area contributed by atoms with E-state index in [0.29, 0.717) is 29.6 Å². The Bertz CT molecular complexity index is 1290. The summed E-state index contributed by atoms with van der Waals surface area (Å²) in [4.78, 5) is 42.7. The first-order valence-electron chi connectivity index (χ1n) is 12.0. The highest BCUT2D eigenvalue weighted by atomic mass is 16.2. The van der Waals surface area contributed by atoms with Gasteiger partial charge in [-0.1, -0.05) is 5.92 Å². The maximum atomic E-state index is 12.8. The van der Waals surface area contributed by atoms with E-state index in [0.717, 1.165) is 43.1 Å². The van der Waals surface area contributed by atoms with Gasteiger partial charge in [0.1, 0.15) is 11.7 Å². The fourth-order valence-electron chi connectivity index (χ4n) is 5.84. The van der Waals surface area contributed by atoms with Crippen LogP contribution in [-0.2, 0) is 16.1 Å². The third kappa shape index (κ3) is 3.94. The maximum absolute atomic E-state index is 12.8. The molecule has 1 aromatic heterocycles. The van der Waals surface area contributed by atoms with Crippen molar-refractivity contribution in [2.75, 3.05) is 38.1 Å². The van der Waals surface area contributed by atoms with Gasteiger partial charge in [0.25, 0.3) is 5.91 Å². The van der Waals surface area contributed by atoms with Crippen LogP contribution < -0.4 is 10.2 Å². The Labute approximate surface area is 203 Å². The van der Waals surface area contributed by atoms with E-state index in [2.05, 4.69) is 44.2 Å². The van der Waals surface area contributed by atoms with Gasteiger partial charge in [-0.25, -0.2) is 0 Å². The monoisotopic (exact) mass is 470 g/mol. The van der Waals surface area contributed by atoms with Crippen molar-refractivity contribution < 1.29 is 14.4 Å². The number of carbonyl (C=O) groups is 3. The van der Waals surface area contributed by atoms with Crippen LogP contribution in [0.2, 0.25) is 0 Å². The van der Waals surface area contributed by atoms with Crippen molar-refractivity contribution in [1.82, 2.24) is 25.3 Å². The third-order valence-corrected chi connectivity index (χ3v) is 7.48. The van der Waals surface area contributed by atoms with E-state index in [1.165, 1.54) is 11.3 Å². The molecule has 9 nitrogen and oxygen atoms in total. The van der Waals surface area contributed by atoms with Crippen molar-refractivity contribution in [1.29, 1.82) is 0 Å². The zero-order valence-electron chi connectivity index (χ0n) is 19.6. The van der Waals surface area contributed by atoms with E-state index >= 15 is 0 Å². The standard InChI is InChI=1S/C26H26N6O3/c1-30-14-26(15-30)10-11-31(16-26)22-8-5-19(28-29-22)4-2-17-3-6-20-18(12-17)13-32(25(20)35)21-7-9-23(33)27-24(21)34/h3,5-6,8,12,21H,7,9-11,13-16H2,1H3,(H,27,33,34). The van der Waals surface area contributed by atoms with Crippen LogP contribution in [0, 0.1) is 17.3 Å². The molecular weight excluding hydrogens is 444 g/mol. The van der Waals surface area contributed by atoms with Crippen molar-refractivity contribution in [2.24, 2.45) is 5.41 Å². The van der Waals surface area contributed by atoms with Gasteiger partial charge in [0.15, 0.2) is 5.82 Å². The van der Waals surface area contributed by atoms with E-state index in [4.69, 9.17) is 0 Å². The number of imide groups is 1. The first-order chi connectivity index (χ1) is 16.9. The largest absolute Gasteiger partial charge is 0.354 e. The van der Waals surface area contributed by atoms with Crippen molar-refractivity contribution >= 4 is 23.5 Å². The van der Waals surface area contributed by atoms with Crippen LogP contribution in [0.3, 0.4) is 0 Å². The average molecular weight is 471 g/mol. The zero-order chi connectivity index (χ0) is 24.2. The number of nitrogens with one attached hydrogen (secondary N) is 1. The van der Waals surface area contributed by atoms with E-state index in [-0.39, 0.29) is 18.2 Å². The summed E-state index contributed by atoms with van der Waals surface area (Å²) in [6, 6.07) is 8.70. The highest BCUT2D eigenvalue weighted by Crippen LogP contribution is 2.39. The minimum absolute atomic E-state index is 0.187. The Morgan fingerprint density at radius 3 is 2.66 bits per heavy atom. The molecule has 3 amide bonds. The number of rotatable bonds is 2. The maximum Gasteiger partial charge on any atom is 0.255 e. The Morgan fingerprint density at radius 2 is 1.91 bits per heavy atom. The lowest BCUT2D eigenvalue weighted by atomic mass is 9.79. The number of fused-ring (bicyclic) bond motifs is 1. The summed E-state index contributed by atoms with van der Waals surface area (Å²) in [5.74, 6) is 6.18. The van der Waals surface area contributed by atoms with E-state index in [1.807, 2.05) is 18.2 Å². The third-order valence-electron chi connectivity index (χ3n) is 7.48. The number of hydrogen-bond donors (Lipinski definition) is 1. The molecule has 1 atom stereocenters. The van der Waals surface area contributed by atoms with Crippen molar-refractivity contribution in [3.05, 3.63) is 52.7 Å². The molecule has 6 rings (SSSR count). The summed E-state index contributed by atoms with van der Waals surface area (Å²) in [5, 5.41) is 11.0.